The van der Waals surface area contributed by atoms with Crippen molar-refractivity contribution in [2.75, 3.05) is 13.7 Å². The molecule has 0 spiro atoms. The second kappa shape index (κ2) is 6.09. The third-order valence-corrected chi connectivity index (χ3v) is 4.10. The summed E-state index contributed by atoms with van der Waals surface area (Å²) in [7, 11) is 1.32. The van der Waals surface area contributed by atoms with Gasteiger partial charge in [-0.05, 0) is 19.4 Å². The fourth-order valence-corrected chi connectivity index (χ4v) is 3.10. The number of aromatic nitrogens is 1. The molecule has 4 nitrogen and oxygen atoms in total. The van der Waals surface area contributed by atoms with E-state index in [1.807, 2.05) is 4.90 Å². The largest absolute Gasteiger partial charge is 0.468 e. The van der Waals surface area contributed by atoms with Crippen LogP contribution in [0.25, 0.3) is 0 Å². The highest BCUT2D eigenvalue weighted by Crippen LogP contribution is 2.31. The van der Waals surface area contributed by atoms with Crippen LogP contribution in [0, 0.1) is 0 Å². The van der Waals surface area contributed by atoms with Gasteiger partial charge in [0.15, 0.2) is 5.69 Å². The number of carbonyl (C=O) groups excluding carboxylic acids is 1. The molecule has 0 radical (unpaired) electrons. The van der Waals surface area contributed by atoms with E-state index in [0.29, 0.717) is 18.0 Å². The molecule has 8 heteroatoms. The van der Waals surface area contributed by atoms with Crippen molar-refractivity contribution in [2.24, 2.45) is 0 Å². The van der Waals surface area contributed by atoms with Gasteiger partial charge in [0.1, 0.15) is 11.0 Å². The van der Waals surface area contributed by atoms with Gasteiger partial charge in [0, 0.05) is 5.38 Å². The maximum absolute atomic E-state index is 12.5. The number of piperidine rings is 1. The highest BCUT2D eigenvalue weighted by atomic mass is 32.1. The predicted molar refractivity (Wildman–Crippen MR) is 67.2 cm³/mol. The summed E-state index contributed by atoms with van der Waals surface area (Å²) in [6.07, 6.45) is -1.91. The molecule has 1 aromatic rings. The number of hydrogen-bond donors (Lipinski definition) is 0. The van der Waals surface area contributed by atoms with Gasteiger partial charge in [0.2, 0.25) is 0 Å². The lowest BCUT2D eigenvalue weighted by Crippen LogP contribution is -2.44. The molecule has 0 bridgehead atoms. The van der Waals surface area contributed by atoms with Crippen LogP contribution >= 0.6 is 11.3 Å². The van der Waals surface area contributed by atoms with Gasteiger partial charge in [-0.1, -0.05) is 6.42 Å². The standard InChI is InChI=1S/C12H15F3N2O2S/c1-19-11(18)8-4-2-3-5-17(8)6-10-16-9(7-20-10)12(13,14)15/h7-8H,2-6H2,1H3/t8-/m0/s1. The number of carbonyl (C=O) groups is 1. The molecule has 1 aliphatic heterocycles. The first-order valence-corrected chi connectivity index (χ1v) is 7.13. The molecule has 0 N–H and O–H groups in total. The Labute approximate surface area is 118 Å². The summed E-state index contributed by atoms with van der Waals surface area (Å²) in [6.45, 7) is 0.918. The van der Waals surface area contributed by atoms with Gasteiger partial charge in [-0.15, -0.1) is 11.3 Å². The maximum Gasteiger partial charge on any atom is 0.434 e. The van der Waals surface area contributed by atoms with Gasteiger partial charge < -0.3 is 4.74 Å². The van der Waals surface area contributed by atoms with Gasteiger partial charge >= 0.3 is 12.1 Å². The molecule has 20 heavy (non-hydrogen) atoms. The summed E-state index contributed by atoms with van der Waals surface area (Å²) in [6, 6.07) is -0.382. The van der Waals surface area contributed by atoms with E-state index in [1.165, 1.54) is 7.11 Å². The molecule has 0 amide bonds. The van der Waals surface area contributed by atoms with E-state index in [4.69, 9.17) is 4.74 Å². The molecule has 1 saturated heterocycles. The SMILES string of the molecule is COC(=O)[C@@H]1CCCCN1Cc1nc(C(F)(F)F)cs1. The molecule has 1 atom stereocenters. The minimum absolute atomic E-state index is 0.251. The van der Waals surface area contributed by atoms with Crippen LogP contribution in [-0.4, -0.2) is 35.5 Å². The van der Waals surface area contributed by atoms with Crippen LogP contribution in [0.4, 0.5) is 13.2 Å². The van der Waals surface area contributed by atoms with E-state index >= 15 is 0 Å². The number of alkyl halides is 3. The molecule has 0 aromatic carbocycles. The lowest BCUT2D eigenvalue weighted by molar-refractivity contribution is -0.148. The summed E-state index contributed by atoms with van der Waals surface area (Å²) < 4.78 is 42.2. The minimum atomic E-state index is -4.42. The van der Waals surface area contributed by atoms with E-state index in [9.17, 15) is 18.0 Å². The topological polar surface area (TPSA) is 42.4 Å². The predicted octanol–water partition coefficient (Wildman–Crippen LogP) is 2.69. The van der Waals surface area contributed by atoms with Crippen molar-refractivity contribution >= 4 is 17.3 Å². The summed E-state index contributed by atoms with van der Waals surface area (Å²) >= 11 is 0.967. The molecule has 1 aliphatic rings. The molecule has 112 valence electrons. The van der Waals surface area contributed by atoms with Gasteiger partial charge in [-0.25, -0.2) is 4.98 Å². The van der Waals surface area contributed by atoms with Crippen LogP contribution in [-0.2, 0) is 22.3 Å². The number of esters is 1. The molecule has 2 heterocycles. The smallest absolute Gasteiger partial charge is 0.434 e. The van der Waals surface area contributed by atoms with Gasteiger partial charge in [-0.2, -0.15) is 13.2 Å². The van der Waals surface area contributed by atoms with Crippen molar-refractivity contribution in [1.29, 1.82) is 0 Å². The molecule has 0 unspecified atom stereocenters. The molecule has 2 rings (SSSR count). The third-order valence-electron chi connectivity index (χ3n) is 3.27. The Balaban J connectivity index is 2.07. The van der Waals surface area contributed by atoms with E-state index < -0.39 is 11.9 Å². The van der Waals surface area contributed by atoms with Crippen molar-refractivity contribution in [3.63, 3.8) is 0 Å². The van der Waals surface area contributed by atoms with Crippen LogP contribution in [0.3, 0.4) is 0 Å². The first kappa shape index (κ1) is 15.2. The monoisotopic (exact) mass is 308 g/mol. The molecule has 0 aliphatic carbocycles. The zero-order valence-electron chi connectivity index (χ0n) is 10.9. The highest BCUT2D eigenvalue weighted by Gasteiger charge is 2.35. The lowest BCUT2D eigenvalue weighted by atomic mass is 10.0. The quantitative estimate of drug-likeness (QED) is 0.805. The van der Waals surface area contributed by atoms with Crippen molar-refractivity contribution < 1.29 is 22.7 Å². The Morgan fingerprint density at radius 3 is 2.90 bits per heavy atom. The van der Waals surface area contributed by atoms with Crippen molar-refractivity contribution in [2.45, 2.75) is 38.0 Å². The van der Waals surface area contributed by atoms with Gasteiger partial charge in [-0.3, -0.25) is 9.69 Å². The van der Waals surface area contributed by atoms with Crippen molar-refractivity contribution in [3.8, 4) is 0 Å². The number of ether oxygens (including phenoxy) is 1. The number of rotatable bonds is 3. The second-order valence-electron chi connectivity index (χ2n) is 4.63. The van der Waals surface area contributed by atoms with Crippen LogP contribution in [0.5, 0.6) is 0 Å². The zero-order valence-corrected chi connectivity index (χ0v) is 11.8. The first-order valence-electron chi connectivity index (χ1n) is 6.25. The van der Waals surface area contributed by atoms with Crippen LogP contribution in [0.2, 0.25) is 0 Å². The van der Waals surface area contributed by atoms with E-state index in [2.05, 4.69) is 4.98 Å². The van der Waals surface area contributed by atoms with Crippen LogP contribution in [0.1, 0.15) is 30.0 Å². The number of likely N-dealkylation sites (tertiary alicyclic amines) is 1. The van der Waals surface area contributed by atoms with E-state index in [0.717, 1.165) is 29.6 Å². The van der Waals surface area contributed by atoms with E-state index in [1.54, 1.807) is 0 Å². The Morgan fingerprint density at radius 2 is 2.30 bits per heavy atom. The summed E-state index contributed by atoms with van der Waals surface area (Å²) in [4.78, 5) is 17.1. The van der Waals surface area contributed by atoms with Gasteiger partial charge in [0.25, 0.3) is 0 Å². The molecular formula is C12H15F3N2O2S. The zero-order chi connectivity index (χ0) is 14.8. The van der Waals surface area contributed by atoms with Crippen LogP contribution in [0.15, 0.2) is 5.38 Å². The number of nitrogens with zero attached hydrogens (tertiary/aromatic N) is 2. The normalized spacial score (nSPS) is 20.9. The van der Waals surface area contributed by atoms with Crippen molar-refractivity contribution in [1.82, 2.24) is 9.88 Å². The lowest BCUT2D eigenvalue weighted by Gasteiger charge is -2.32. The summed E-state index contributed by atoms with van der Waals surface area (Å²) in [5, 5.41) is 1.38. The van der Waals surface area contributed by atoms with E-state index in [-0.39, 0.29) is 18.6 Å². The third kappa shape index (κ3) is 3.49. The summed E-state index contributed by atoms with van der Waals surface area (Å²) in [5.41, 5.74) is -0.871. The minimum Gasteiger partial charge on any atom is -0.468 e. The van der Waals surface area contributed by atoms with Crippen LogP contribution < -0.4 is 0 Å². The Morgan fingerprint density at radius 1 is 1.55 bits per heavy atom. The second-order valence-corrected chi connectivity index (χ2v) is 5.57. The Bertz CT molecular complexity index is 476. The number of thiazole rings is 1. The average Bonchev–Trinajstić information content (AvgIpc) is 2.87. The highest BCUT2D eigenvalue weighted by molar-refractivity contribution is 7.09. The molecular weight excluding hydrogens is 293 g/mol. The average molecular weight is 308 g/mol. The number of methoxy groups -OCH3 is 1. The summed E-state index contributed by atoms with van der Waals surface area (Å²) in [5.74, 6) is -0.336. The number of halogens is 3. The molecule has 1 fully saturated rings. The fourth-order valence-electron chi connectivity index (χ4n) is 2.27. The number of hydrogen-bond acceptors (Lipinski definition) is 5. The first-order chi connectivity index (χ1) is 9.41. The Kier molecular flexibility index (Phi) is 4.64. The van der Waals surface area contributed by atoms with Gasteiger partial charge in [0.05, 0.1) is 13.7 Å². The Hall–Kier alpha value is -1.15. The molecule has 0 saturated carbocycles. The molecule has 1 aromatic heterocycles. The maximum atomic E-state index is 12.5. The van der Waals surface area contributed by atoms with Crippen molar-refractivity contribution in [3.05, 3.63) is 16.1 Å². The fraction of sp³-hybridized carbons (Fsp3) is 0.667.